The van der Waals surface area contributed by atoms with E-state index < -0.39 is 22.9 Å². The molecule has 30 heavy (non-hydrogen) atoms. The highest BCUT2D eigenvalue weighted by Gasteiger charge is 2.47. The molecule has 154 valence electrons. The SMILES string of the molecule is Cc1cccc(C)c1C(c1cccc2ccccc12)C(C)(C#N)C(=O)OC(C)(C)C. The van der Waals surface area contributed by atoms with Gasteiger partial charge in [0.15, 0.2) is 5.41 Å². The summed E-state index contributed by atoms with van der Waals surface area (Å²) in [5.41, 5.74) is 1.99. The average molecular weight is 400 g/mol. The van der Waals surface area contributed by atoms with E-state index in [1.54, 1.807) is 6.92 Å². The molecule has 0 fully saturated rings. The fraction of sp³-hybridized carbons (Fsp3) is 0.333. The highest BCUT2D eigenvalue weighted by Crippen LogP contribution is 2.46. The summed E-state index contributed by atoms with van der Waals surface area (Å²) in [5, 5.41) is 12.5. The Morgan fingerprint density at radius 2 is 1.47 bits per heavy atom. The second-order valence-corrected chi connectivity index (χ2v) is 9.12. The number of hydrogen-bond acceptors (Lipinski definition) is 3. The third-order valence-electron chi connectivity index (χ3n) is 5.60. The first kappa shape index (κ1) is 21.6. The van der Waals surface area contributed by atoms with Crippen molar-refractivity contribution in [2.45, 2.75) is 53.1 Å². The van der Waals surface area contributed by atoms with Crippen molar-refractivity contribution in [2.24, 2.45) is 5.41 Å². The van der Waals surface area contributed by atoms with Crippen LogP contribution >= 0.6 is 0 Å². The summed E-state index contributed by atoms with van der Waals surface area (Å²) in [6.45, 7) is 11.3. The van der Waals surface area contributed by atoms with Crippen LogP contribution in [0.3, 0.4) is 0 Å². The summed E-state index contributed by atoms with van der Waals surface area (Å²) in [7, 11) is 0. The minimum Gasteiger partial charge on any atom is -0.459 e. The maximum absolute atomic E-state index is 13.4. The predicted octanol–water partition coefficient (Wildman–Crippen LogP) is 6.46. The fourth-order valence-electron chi connectivity index (χ4n) is 4.15. The van der Waals surface area contributed by atoms with Gasteiger partial charge in [-0.25, -0.2) is 0 Å². The summed E-state index contributed by atoms with van der Waals surface area (Å²) < 4.78 is 5.75. The highest BCUT2D eigenvalue weighted by molar-refractivity contribution is 5.89. The molecule has 0 aliphatic heterocycles. The van der Waals surface area contributed by atoms with E-state index in [0.717, 1.165) is 33.0 Å². The van der Waals surface area contributed by atoms with Gasteiger partial charge in [0.05, 0.1) is 6.07 Å². The third-order valence-corrected chi connectivity index (χ3v) is 5.60. The van der Waals surface area contributed by atoms with Crippen LogP contribution in [-0.4, -0.2) is 11.6 Å². The first-order valence-electron chi connectivity index (χ1n) is 10.3. The zero-order chi connectivity index (χ0) is 22.1. The van der Waals surface area contributed by atoms with Crippen LogP contribution in [0.25, 0.3) is 10.8 Å². The molecule has 0 N–H and O–H groups in total. The smallest absolute Gasteiger partial charge is 0.327 e. The Kier molecular flexibility index (Phi) is 5.72. The minimum absolute atomic E-state index is 0.468. The predicted molar refractivity (Wildman–Crippen MR) is 121 cm³/mol. The van der Waals surface area contributed by atoms with Gasteiger partial charge in [-0.15, -0.1) is 0 Å². The molecule has 0 saturated heterocycles. The van der Waals surface area contributed by atoms with E-state index in [1.165, 1.54) is 0 Å². The summed E-state index contributed by atoms with van der Waals surface area (Å²) in [4.78, 5) is 13.4. The van der Waals surface area contributed by atoms with Crippen molar-refractivity contribution >= 4 is 16.7 Å². The monoisotopic (exact) mass is 399 g/mol. The number of rotatable bonds is 4. The first-order chi connectivity index (χ1) is 14.1. The van der Waals surface area contributed by atoms with Crippen molar-refractivity contribution in [3.63, 3.8) is 0 Å². The van der Waals surface area contributed by atoms with E-state index in [4.69, 9.17) is 4.74 Å². The van der Waals surface area contributed by atoms with Gasteiger partial charge in [0.1, 0.15) is 5.60 Å². The Morgan fingerprint density at radius 1 is 0.900 bits per heavy atom. The molecule has 0 heterocycles. The van der Waals surface area contributed by atoms with Crippen LogP contribution in [0.1, 0.15) is 55.9 Å². The molecule has 0 radical (unpaired) electrons. The van der Waals surface area contributed by atoms with Crippen LogP contribution in [0.2, 0.25) is 0 Å². The molecule has 3 aromatic rings. The van der Waals surface area contributed by atoms with Crippen molar-refractivity contribution in [1.82, 2.24) is 0 Å². The van der Waals surface area contributed by atoms with Gasteiger partial charge < -0.3 is 4.74 Å². The largest absolute Gasteiger partial charge is 0.459 e. The third kappa shape index (κ3) is 3.96. The molecular weight excluding hydrogens is 370 g/mol. The summed E-state index contributed by atoms with van der Waals surface area (Å²) in [6.07, 6.45) is 0. The van der Waals surface area contributed by atoms with Crippen molar-refractivity contribution in [1.29, 1.82) is 5.26 Å². The zero-order valence-electron chi connectivity index (χ0n) is 18.6. The lowest BCUT2D eigenvalue weighted by Gasteiger charge is -2.35. The Labute approximate surface area is 179 Å². The van der Waals surface area contributed by atoms with Crippen molar-refractivity contribution in [2.75, 3.05) is 0 Å². The highest BCUT2D eigenvalue weighted by atomic mass is 16.6. The molecule has 2 atom stereocenters. The molecule has 0 saturated carbocycles. The number of hydrogen-bond donors (Lipinski definition) is 0. The quantitative estimate of drug-likeness (QED) is 0.473. The molecule has 3 nitrogen and oxygen atoms in total. The summed E-state index contributed by atoms with van der Waals surface area (Å²) in [6, 6.07) is 22.6. The van der Waals surface area contributed by atoms with Gasteiger partial charge in [0.2, 0.25) is 0 Å². The molecule has 0 aliphatic carbocycles. The van der Waals surface area contributed by atoms with Gasteiger partial charge in [-0.05, 0) is 74.6 Å². The van der Waals surface area contributed by atoms with Crippen LogP contribution in [-0.2, 0) is 9.53 Å². The van der Waals surface area contributed by atoms with Crippen molar-refractivity contribution < 1.29 is 9.53 Å². The lowest BCUT2D eigenvalue weighted by molar-refractivity contribution is -0.164. The number of fused-ring (bicyclic) bond motifs is 1. The number of aryl methyl sites for hydroxylation is 2. The number of esters is 1. The molecule has 0 bridgehead atoms. The van der Waals surface area contributed by atoms with E-state index in [9.17, 15) is 10.1 Å². The summed E-state index contributed by atoms with van der Waals surface area (Å²) in [5.74, 6) is -0.970. The van der Waals surface area contributed by atoms with Crippen LogP contribution in [0.4, 0.5) is 0 Å². The Balaban J connectivity index is 2.36. The molecule has 0 amide bonds. The number of ether oxygens (including phenoxy) is 1. The van der Waals surface area contributed by atoms with Gasteiger partial charge in [-0.2, -0.15) is 5.26 Å². The van der Waals surface area contributed by atoms with Gasteiger partial charge >= 0.3 is 5.97 Å². The number of carbonyl (C=O) groups is 1. The molecule has 0 spiro atoms. The molecule has 0 aliphatic rings. The second kappa shape index (κ2) is 7.95. The van der Waals surface area contributed by atoms with E-state index >= 15 is 0 Å². The molecule has 3 heteroatoms. The van der Waals surface area contributed by atoms with Crippen LogP contribution in [0, 0.1) is 30.6 Å². The molecule has 3 rings (SSSR count). The molecule has 3 aromatic carbocycles. The van der Waals surface area contributed by atoms with Crippen LogP contribution in [0.15, 0.2) is 60.7 Å². The first-order valence-corrected chi connectivity index (χ1v) is 10.3. The van der Waals surface area contributed by atoms with E-state index in [2.05, 4.69) is 24.3 Å². The molecule has 0 aromatic heterocycles. The maximum atomic E-state index is 13.4. The fourth-order valence-corrected chi connectivity index (χ4v) is 4.15. The van der Waals surface area contributed by atoms with Crippen LogP contribution < -0.4 is 0 Å². The van der Waals surface area contributed by atoms with E-state index in [0.29, 0.717) is 0 Å². The summed E-state index contributed by atoms with van der Waals surface area (Å²) >= 11 is 0. The number of carbonyl (C=O) groups excluding carboxylic acids is 1. The molecule has 2 unspecified atom stereocenters. The standard InChI is InChI=1S/C27H29NO2/c1-18-11-9-12-19(2)23(18)24(27(6,17-28)25(29)30-26(3,4)5)22-16-10-14-20-13-7-8-15-21(20)22/h7-16,24H,1-6H3. The van der Waals surface area contributed by atoms with Crippen molar-refractivity contribution in [3.05, 3.63) is 82.9 Å². The average Bonchev–Trinajstić information content (AvgIpc) is 2.69. The normalized spacial score (nSPS) is 14.6. The number of nitrogens with zero attached hydrogens (tertiary/aromatic N) is 1. The molecular formula is C27H29NO2. The van der Waals surface area contributed by atoms with Gasteiger partial charge in [0, 0.05) is 5.92 Å². The Morgan fingerprint density at radius 3 is 2.07 bits per heavy atom. The second-order valence-electron chi connectivity index (χ2n) is 9.12. The van der Waals surface area contributed by atoms with Gasteiger partial charge in [0.25, 0.3) is 0 Å². The van der Waals surface area contributed by atoms with Gasteiger partial charge in [-0.3, -0.25) is 4.79 Å². The zero-order valence-corrected chi connectivity index (χ0v) is 18.6. The van der Waals surface area contributed by atoms with Crippen LogP contribution in [0.5, 0.6) is 0 Å². The number of nitriles is 1. The van der Waals surface area contributed by atoms with E-state index in [-0.39, 0.29) is 0 Å². The Bertz CT molecular complexity index is 1110. The van der Waals surface area contributed by atoms with Crippen molar-refractivity contribution in [3.8, 4) is 6.07 Å². The Hall–Kier alpha value is -3.12. The van der Waals surface area contributed by atoms with E-state index in [1.807, 2.05) is 77.1 Å². The number of benzene rings is 3. The van der Waals surface area contributed by atoms with Gasteiger partial charge in [-0.1, -0.05) is 60.7 Å². The minimum atomic E-state index is -1.39. The maximum Gasteiger partial charge on any atom is 0.327 e. The topological polar surface area (TPSA) is 50.1 Å². The lowest BCUT2D eigenvalue weighted by atomic mass is 9.68. The lowest BCUT2D eigenvalue weighted by Crippen LogP contribution is -2.40.